The molecule has 1 aromatic heterocycles. The number of para-hydroxylation sites is 1. The molecule has 3 aliphatic heterocycles. The van der Waals surface area contributed by atoms with Gasteiger partial charge in [0.1, 0.15) is 5.66 Å². The van der Waals surface area contributed by atoms with Crippen LogP contribution in [0.1, 0.15) is 28.5 Å². The summed E-state index contributed by atoms with van der Waals surface area (Å²) in [5.74, 6) is 1.28. The van der Waals surface area contributed by atoms with Crippen molar-refractivity contribution in [2.75, 3.05) is 12.1 Å². The van der Waals surface area contributed by atoms with Crippen molar-refractivity contribution in [2.24, 2.45) is 0 Å². The second-order valence-electron chi connectivity index (χ2n) is 6.99. The molecule has 3 aromatic rings. The van der Waals surface area contributed by atoms with E-state index in [0.29, 0.717) is 23.6 Å². The summed E-state index contributed by atoms with van der Waals surface area (Å²) >= 11 is 0. The number of hydrogen-bond donors (Lipinski definition) is 1. The molecule has 1 N–H and O–H groups in total. The van der Waals surface area contributed by atoms with Gasteiger partial charge in [0, 0.05) is 17.3 Å². The summed E-state index contributed by atoms with van der Waals surface area (Å²) < 4.78 is 12.9. The Morgan fingerprint density at radius 2 is 2.00 bits per heavy atom. The van der Waals surface area contributed by atoms with Crippen LogP contribution in [0.15, 0.2) is 42.6 Å². The largest absolute Gasteiger partial charge is 0.454 e. The van der Waals surface area contributed by atoms with E-state index in [2.05, 4.69) is 15.6 Å². The van der Waals surface area contributed by atoms with E-state index in [9.17, 15) is 4.79 Å². The van der Waals surface area contributed by atoms with Crippen LogP contribution >= 0.6 is 0 Å². The van der Waals surface area contributed by atoms with E-state index in [4.69, 9.17) is 9.47 Å². The lowest BCUT2D eigenvalue weighted by Gasteiger charge is -2.45. The minimum atomic E-state index is -0.775. The highest BCUT2D eigenvalue weighted by Gasteiger charge is 2.47. The predicted molar refractivity (Wildman–Crippen MR) is 94.8 cm³/mol. The van der Waals surface area contributed by atoms with Crippen LogP contribution in [-0.2, 0) is 12.2 Å². The van der Waals surface area contributed by atoms with Crippen LogP contribution in [0.3, 0.4) is 0 Å². The predicted octanol–water partition coefficient (Wildman–Crippen LogP) is 2.25. The average molecular weight is 361 g/mol. The molecule has 0 fully saturated rings. The van der Waals surface area contributed by atoms with Gasteiger partial charge in [-0.3, -0.25) is 4.79 Å². The summed E-state index contributed by atoms with van der Waals surface area (Å²) in [6.45, 7) is 2.56. The molecule has 1 atom stereocenters. The monoisotopic (exact) mass is 361 g/mol. The summed E-state index contributed by atoms with van der Waals surface area (Å²) in [6, 6.07) is 11.4. The molecule has 2 aromatic carbocycles. The summed E-state index contributed by atoms with van der Waals surface area (Å²) in [6.07, 6.45) is 1.69. The molecule has 0 radical (unpaired) electrons. The summed E-state index contributed by atoms with van der Waals surface area (Å²) in [4.78, 5) is 15.2. The van der Waals surface area contributed by atoms with Gasteiger partial charge in [-0.05, 0) is 25.1 Å². The molecule has 0 bridgehead atoms. The highest BCUT2D eigenvalue weighted by Crippen LogP contribution is 2.46. The Morgan fingerprint density at radius 3 is 2.89 bits per heavy atom. The van der Waals surface area contributed by atoms with E-state index >= 15 is 0 Å². The first kappa shape index (κ1) is 14.6. The number of ether oxygens (including phenoxy) is 2. The molecule has 27 heavy (non-hydrogen) atoms. The van der Waals surface area contributed by atoms with Gasteiger partial charge in [0.25, 0.3) is 5.91 Å². The molecule has 0 spiro atoms. The maximum absolute atomic E-state index is 13.4. The van der Waals surface area contributed by atoms with E-state index in [1.54, 1.807) is 10.9 Å². The number of anilines is 1. The van der Waals surface area contributed by atoms with Gasteiger partial charge in [0.2, 0.25) is 6.79 Å². The number of nitrogens with one attached hydrogen (secondary N) is 1. The van der Waals surface area contributed by atoms with E-state index in [0.717, 1.165) is 22.6 Å². The molecular formula is C19H15N5O3. The molecule has 6 rings (SSSR count). The van der Waals surface area contributed by atoms with Crippen LogP contribution in [0.2, 0.25) is 0 Å². The van der Waals surface area contributed by atoms with Crippen LogP contribution in [0.5, 0.6) is 11.5 Å². The van der Waals surface area contributed by atoms with Gasteiger partial charge in [-0.1, -0.05) is 17.3 Å². The molecule has 0 saturated heterocycles. The molecule has 1 amide bonds. The van der Waals surface area contributed by atoms with Crippen LogP contribution < -0.4 is 14.8 Å². The van der Waals surface area contributed by atoms with Gasteiger partial charge in [0.15, 0.2) is 11.5 Å². The smallest absolute Gasteiger partial charge is 0.258 e. The average Bonchev–Trinajstić information content (AvgIpc) is 3.30. The molecule has 4 heterocycles. The summed E-state index contributed by atoms with van der Waals surface area (Å²) in [7, 11) is 0. The van der Waals surface area contributed by atoms with Crippen molar-refractivity contribution in [2.45, 2.75) is 19.1 Å². The zero-order valence-corrected chi connectivity index (χ0v) is 14.5. The third kappa shape index (κ3) is 1.79. The van der Waals surface area contributed by atoms with Crippen molar-refractivity contribution in [1.82, 2.24) is 19.9 Å². The van der Waals surface area contributed by atoms with Crippen molar-refractivity contribution in [3.8, 4) is 17.2 Å². The van der Waals surface area contributed by atoms with Gasteiger partial charge in [-0.25, -0.2) is 4.68 Å². The van der Waals surface area contributed by atoms with Crippen LogP contribution in [0.4, 0.5) is 5.69 Å². The fourth-order valence-corrected chi connectivity index (χ4v) is 4.12. The third-order valence-electron chi connectivity index (χ3n) is 5.50. The number of hydrogen-bond acceptors (Lipinski definition) is 6. The minimum Gasteiger partial charge on any atom is -0.454 e. The Balaban J connectivity index is 1.66. The number of benzene rings is 2. The van der Waals surface area contributed by atoms with Crippen molar-refractivity contribution < 1.29 is 14.3 Å². The molecule has 134 valence electrons. The number of fused-ring (bicyclic) bond motifs is 7. The lowest BCUT2D eigenvalue weighted by molar-refractivity contribution is 0.0513. The first-order chi connectivity index (χ1) is 13.1. The Bertz CT molecular complexity index is 1120. The van der Waals surface area contributed by atoms with Crippen molar-refractivity contribution >= 4 is 11.6 Å². The zero-order chi connectivity index (χ0) is 18.2. The van der Waals surface area contributed by atoms with E-state index < -0.39 is 5.66 Å². The van der Waals surface area contributed by atoms with Gasteiger partial charge in [-0.15, -0.1) is 5.10 Å². The van der Waals surface area contributed by atoms with Crippen molar-refractivity contribution in [1.29, 1.82) is 0 Å². The van der Waals surface area contributed by atoms with Crippen LogP contribution in [-0.4, -0.2) is 32.6 Å². The van der Waals surface area contributed by atoms with Crippen molar-refractivity contribution in [3.05, 3.63) is 59.4 Å². The molecule has 0 saturated carbocycles. The highest BCUT2D eigenvalue weighted by molar-refractivity contribution is 6.02. The molecule has 8 heteroatoms. The van der Waals surface area contributed by atoms with Gasteiger partial charge in [0.05, 0.1) is 29.7 Å². The van der Waals surface area contributed by atoms with Crippen molar-refractivity contribution in [3.63, 3.8) is 0 Å². The van der Waals surface area contributed by atoms with Gasteiger partial charge >= 0.3 is 0 Å². The Hall–Kier alpha value is -3.55. The normalized spacial score (nSPS) is 21.5. The number of rotatable bonds is 0. The van der Waals surface area contributed by atoms with Crippen LogP contribution in [0, 0.1) is 0 Å². The minimum absolute atomic E-state index is 0.0369. The van der Waals surface area contributed by atoms with E-state index in [1.165, 1.54) is 0 Å². The fourth-order valence-electron chi connectivity index (χ4n) is 4.12. The van der Waals surface area contributed by atoms with E-state index in [1.807, 2.05) is 48.2 Å². The number of amides is 1. The fraction of sp³-hybridized carbons (Fsp3) is 0.211. The standard InChI is InChI=1S/C19H15N5O3/c1-19-13-6-16-17(27-10-26-16)7-15(13)24-11(8-20-22-24)9-23(19)18(25)12-4-2-3-5-14(12)21-19/h2-8,21H,9-10H2,1H3. The number of carbonyl (C=O) groups is 1. The number of carbonyl (C=O) groups excluding carboxylic acids is 1. The Labute approximate surface area is 154 Å². The lowest BCUT2D eigenvalue weighted by atomic mass is 9.92. The summed E-state index contributed by atoms with van der Waals surface area (Å²) in [5.41, 5.74) is 3.20. The number of nitrogens with zero attached hydrogens (tertiary/aromatic N) is 4. The lowest BCUT2D eigenvalue weighted by Crippen LogP contribution is -2.55. The maximum Gasteiger partial charge on any atom is 0.258 e. The Morgan fingerprint density at radius 1 is 1.19 bits per heavy atom. The van der Waals surface area contributed by atoms with Gasteiger partial charge < -0.3 is 19.7 Å². The SMILES string of the molecule is CC12Nc3ccccc3C(=O)N1Cc1cnnn1-c1cc3c(cc12)OCO3. The highest BCUT2D eigenvalue weighted by atomic mass is 16.7. The molecule has 1 unspecified atom stereocenters. The Kier molecular flexibility index (Phi) is 2.59. The molecular weight excluding hydrogens is 346 g/mol. The first-order valence-electron chi connectivity index (χ1n) is 8.68. The van der Waals surface area contributed by atoms with Crippen LogP contribution in [0.25, 0.3) is 5.69 Å². The number of aromatic nitrogens is 3. The second kappa shape index (κ2) is 4.79. The molecule has 3 aliphatic rings. The third-order valence-corrected chi connectivity index (χ3v) is 5.50. The zero-order valence-electron chi connectivity index (χ0n) is 14.5. The molecule has 0 aliphatic carbocycles. The molecule has 8 nitrogen and oxygen atoms in total. The summed E-state index contributed by atoms with van der Waals surface area (Å²) in [5, 5.41) is 11.9. The first-order valence-corrected chi connectivity index (χ1v) is 8.68. The topological polar surface area (TPSA) is 81.5 Å². The second-order valence-corrected chi connectivity index (χ2v) is 6.99. The van der Waals surface area contributed by atoms with E-state index in [-0.39, 0.29) is 12.7 Å². The maximum atomic E-state index is 13.4. The quantitative estimate of drug-likeness (QED) is 0.661. The van der Waals surface area contributed by atoms with Gasteiger partial charge in [-0.2, -0.15) is 0 Å².